The maximum absolute atomic E-state index is 13.0. The van der Waals surface area contributed by atoms with E-state index in [9.17, 15) is 4.79 Å². The van der Waals surface area contributed by atoms with E-state index in [1.165, 1.54) is 0 Å². The SMILES string of the molecule is C=CCN1CCN(C(=O)c2cc(OCC)c(OCC)c(OCC)c2)CC1. The molecule has 0 saturated carbocycles. The normalized spacial score (nSPS) is 14.8. The third kappa shape index (κ3) is 4.91. The Balaban J connectivity index is 2.24. The van der Waals surface area contributed by atoms with Gasteiger partial charge < -0.3 is 19.1 Å². The van der Waals surface area contributed by atoms with E-state index in [0.29, 0.717) is 55.7 Å². The molecular weight excluding hydrogens is 332 g/mol. The summed E-state index contributed by atoms with van der Waals surface area (Å²) in [6, 6.07) is 3.52. The Labute approximate surface area is 156 Å². The summed E-state index contributed by atoms with van der Waals surface area (Å²) in [5.74, 6) is 1.65. The molecule has 0 N–H and O–H groups in total. The van der Waals surface area contributed by atoms with Crippen molar-refractivity contribution in [3.05, 3.63) is 30.4 Å². The molecule has 0 radical (unpaired) electrons. The van der Waals surface area contributed by atoms with Crippen LogP contribution in [0.15, 0.2) is 24.8 Å². The summed E-state index contributed by atoms with van der Waals surface area (Å²) in [4.78, 5) is 17.1. The number of benzene rings is 1. The van der Waals surface area contributed by atoms with Gasteiger partial charge in [-0.1, -0.05) is 6.08 Å². The maximum atomic E-state index is 13.0. The van der Waals surface area contributed by atoms with E-state index in [-0.39, 0.29) is 5.91 Å². The van der Waals surface area contributed by atoms with Crippen molar-refractivity contribution in [1.82, 2.24) is 9.80 Å². The standard InChI is InChI=1S/C20H30N2O4/c1-5-9-21-10-12-22(13-11-21)20(23)16-14-17(24-6-2)19(26-8-4)18(15-16)25-7-3/h5,14-15H,1,6-13H2,2-4H3. The number of carbonyl (C=O) groups excluding carboxylic acids is 1. The van der Waals surface area contributed by atoms with Crippen molar-refractivity contribution in [2.24, 2.45) is 0 Å². The first-order valence-electron chi connectivity index (χ1n) is 9.33. The first-order chi connectivity index (χ1) is 12.6. The topological polar surface area (TPSA) is 51.2 Å². The number of hydrogen-bond donors (Lipinski definition) is 0. The Morgan fingerprint density at radius 1 is 1.00 bits per heavy atom. The van der Waals surface area contributed by atoms with Crippen molar-refractivity contribution in [2.75, 3.05) is 52.5 Å². The first-order valence-corrected chi connectivity index (χ1v) is 9.33. The van der Waals surface area contributed by atoms with E-state index in [4.69, 9.17) is 14.2 Å². The molecule has 1 saturated heterocycles. The van der Waals surface area contributed by atoms with E-state index >= 15 is 0 Å². The van der Waals surface area contributed by atoms with Crippen molar-refractivity contribution >= 4 is 5.91 Å². The summed E-state index contributed by atoms with van der Waals surface area (Å²) < 4.78 is 17.1. The zero-order chi connectivity index (χ0) is 18.9. The lowest BCUT2D eigenvalue weighted by atomic mass is 10.1. The van der Waals surface area contributed by atoms with Crippen LogP contribution in [-0.2, 0) is 0 Å². The predicted molar refractivity (Wildman–Crippen MR) is 102 cm³/mol. The highest BCUT2D eigenvalue weighted by Gasteiger charge is 2.24. The second-order valence-electron chi connectivity index (χ2n) is 5.98. The van der Waals surface area contributed by atoms with Gasteiger partial charge >= 0.3 is 0 Å². The van der Waals surface area contributed by atoms with Crippen LogP contribution < -0.4 is 14.2 Å². The van der Waals surface area contributed by atoms with Gasteiger partial charge in [0.15, 0.2) is 11.5 Å². The smallest absolute Gasteiger partial charge is 0.254 e. The second-order valence-corrected chi connectivity index (χ2v) is 5.98. The van der Waals surface area contributed by atoms with E-state index in [1.807, 2.05) is 31.7 Å². The summed E-state index contributed by atoms with van der Waals surface area (Å²) in [7, 11) is 0. The average molecular weight is 362 g/mol. The molecule has 26 heavy (non-hydrogen) atoms. The first kappa shape index (κ1) is 20.1. The van der Waals surface area contributed by atoms with E-state index in [2.05, 4.69) is 11.5 Å². The van der Waals surface area contributed by atoms with Crippen LogP contribution in [0.1, 0.15) is 31.1 Å². The summed E-state index contributed by atoms with van der Waals surface area (Å²) in [5, 5.41) is 0. The lowest BCUT2D eigenvalue weighted by molar-refractivity contribution is 0.0649. The zero-order valence-electron chi connectivity index (χ0n) is 16.1. The summed E-state index contributed by atoms with van der Waals surface area (Å²) in [6.45, 7) is 14.9. The molecule has 0 spiro atoms. The van der Waals surface area contributed by atoms with Crippen molar-refractivity contribution in [3.8, 4) is 17.2 Å². The number of ether oxygens (including phenoxy) is 3. The fraction of sp³-hybridized carbons (Fsp3) is 0.550. The number of rotatable bonds is 9. The molecule has 6 nitrogen and oxygen atoms in total. The van der Waals surface area contributed by atoms with Gasteiger partial charge in [-0.15, -0.1) is 6.58 Å². The van der Waals surface area contributed by atoms with Gasteiger partial charge in [0.2, 0.25) is 5.75 Å². The lowest BCUT2D eigenvalue weighted by Gasteiger charge is -2.34. The van der Waals surface area contributed by atoms with Crippen LogP contribution >= 0.6 is 0 Å². The fourth-order valence-electron chi connectivity index (χ4n) is 3.01. The molecule has 0 aromatic heterocycles. The molecular formula is C20H30N2O4. The number of nitrogens with zero attached hydrogens (tertiary/aromatic N) is 2. The monoisotopic (exact) mass is 362 g/mol. The number of carbonyl (C=O) groups is 1. The highest BCUT2D eigenvalue weighted by molar-refractivity contribution is 5.95. The van der Waals surface area contributed by atoms with E-state index < -0.39 is 0 Å². The van der Waals surface area contributed by atoms with Crippen LogP contribution in [0.3, 0.4) is 0 Å². The van der Waals surface area contributed by atoms with Gasteiger partial charge in [-0.25, -0.2) is 0 Å². The molecule has 1 amide bonds. The minimum Gasteiger partial charge on any atom is -0.490 e. The zero-order valence-corrected chi connectivity index (χ0v) is 16.1. The molecule has 0 aliphatic carbocycles. The molecule has 1 aliphatic rings. The Morgan fingerprint density at radius 3 is 2.00 bits per heavy atom. The summed E-state index contributed by atoms with van der Waals surface area (Å²) >= 11 is 0. The Bertz CT molecular complexity index is 583. The lowest BCUT2D eigenvalue weighted by Crippen LogP contribution is -2.48. The molecule has 6 heteroatoms. The van der Waals surface area contributed by atoms with Crippen LogP contribution in [0.25, 0.3) is 0 Å². The molecule has 1 heterocycles. The Hall–Kier alpha value is -2.21. The maximum Gasteiger partial charge on any atom is 0.254 e. The molecule has 1 aromatic rings. The van der Waals surface area contributed by atoms with Crippen molar-refractivity contribution in [2.45, 2.75) is 20.8 Å². The quantitative estimate of drug-likeness (QED) is 0.632. The minimum atomic E-state index is -0.00629. The van der Waals surface area contributed by atoms with Crippen LogP contribution in [0.2, 0.25) is 0 Å². The molecule has 144 valence electrons. The van der Waals surface area contributed by atoms with E-state index in [0.717, 1.165) is 19.6 Å². The third-order valence-corrected chi connectivity index (χ3v) is 4.20. The van der Waals surface area contributed by atoms with Gasteiger partial charge in [0.1, 0.15) is 0 Å². The molecule has 1 aromatic carbocycles. The van der Waals surface area contributed by atoms with Crippen LogP contribution in [0, 0.1) is 0 Å². The van der Waals surface area contributed by atoms with Gasteiger partial charge in [-0.3, -0.25) is 9.69 Å². The van der Waals surface area contributed by atoms with Gasteiger partial charge in [-0.2, -0.15) is 0 Å². The number of amides is 1. The van der Waals surface area contributed by atoms with Gasteiger partial charge in [0, 0.05) is 38.3 Å². The largest absolute Gasteiger partial charge is 0.490 e. The molecule has 0 bridgehead atoms. The van der Waals surface area contributed by atoms with Crippen molar-refractivity contribution in [3.63, 3.8) is 0 Å². The number of hydrogen-bond acceptors (Lipinski definition) is 5. The Morgan fingerprint density at radius 2 is 1.54 bits per heavy atom. The highest BCUT2D eigenvalue weighted by atomic mass is 16.5. The third-order valence-electron chi connectivity index (χ3n) is 4.20. The van der Waals surface area contributed by atoms with E-state index in [1.54, 1.807) is 12.1 Å². The van der Waals surface area contributed by atoms with Crippen molar-refractivity contribution in [1.29, 1.82) is 0 Å². The summed E-state index contributed by atoms with van der Waals surface area (Å²) in [5.41, 5.74) is 0.567. The molecule has 0 unspecified atom stereocenters. The Kier molecular flexibility index (Phi) is 7.78. The molecule has 1 aliphatic heterocycles. The van der Waals surface area contributed by atoms with Crippen LogP contribution in [-0.4, -0.2) is 68.3 Å². The van der Waals surface area contributed by atoms with Crippen LogP contribution in [0.4, 0.5) is 0 Å². The van der Waals surface area contributed by atoms with Crippen molar-refractivity contribution < 1.29 is 19.0 Å². The fourth-order valence-corrected chi connectivity index (χ4v) is 3.01. The van der Waals surface area contributed by atoms with Gasteiger partial charge in [0.05, 0.1) is 19.8 Å². The molecule has 1 fully saturated rings. The summed E-state index contributed by atoms with van der Waals surface area (Å²) in [6.07, 6.45) is 1.90. The highest BCUT2D eigenvalue weighted by Crippen LogP contribution is 2.39. The molecule has 2 rings (SSSR count). The van der Waals surface area contributed by atoms with Gasteiger partial charge in [-0.05, 0) is 32.9 Å². The minimum absolute atomic E-state index is 0.00629. The number of piperazine rings is 1. The van der Waals surface area contributed by atoms with Gasteiger partial charge in [0.25, 0.3) is 5.91 Å². The average Bonchev–Trinajstić information content (AvgIpc) is 2.65. The second kappa shape index (κ2) is 10.1. The van der Waals surface area contributed by atoms with Crippen LogP contribution in [0.5, 0.6) is 17.2 Å². The molecule has 0 atom stereocenters. The predicted octanol–water partition coefficient (Wildman–Crippen LogP) is 2.83.